The van der Waals surface area contributed by atoms with Gasteiger partial charge in [0, 0.05) is 30.8 Å². The molecule has 4 aliphatic carbocycles. The van der Waals surface area contributed by atoms with Crippen molar-refractivity contribution in [3.63, 3.8) is 0 Å². The van der Waals surface area contributed by atoms with E-state index in [-0.39, 0.29) is 61.1 Å². The summed E-state index contributed by atoms with van der Waals surface area (Å²) in [7, 11) is 0. The van der Waals surface area contributed by atoms with E-state index in [0.717, 1.165) is 44.1 Å². The zero-order valence-corrected chi connectivity index (χ0v) is 32.9. The van der Waals surface area contributed by atoms with Crippen LogP contribution in [0.4, 0.5) is 0 Å². The minimum absolute atomic E-state index is 0.0452. The fraction of sp³-hybridized carbons (Fsp3) is 0.927. The monoisotopic (exact) mass is 780 g/mol. The third kappa shape index (κ3) is 6.95. The Kier molecular flexibility index (Phi) is 11.1. The van der Waals surface area contributed by atoms with Crippen molar-refractivity contribution >= 4 is 5.97 Å². The average Bonchev–Trinajstić information content (AvgIpc) is 3.67. The van der Waals surface area contributed by atoms with Gasteiger partial charge in [-0.15, -0.1) is 0 Å². The molecule has 4 aliphatic heterocycles. The molecule has 4 heterocycles. The number of ether oxygens (including phenoxy) is 7. The third-order valence-corrected chi connectivity index (χ3v) is 16.0. The molecule has 312 valence electrons. The van der Waals surface area contributed by atoms with Crippen LogP contribution in [-0.4, -0.2) is 135 Å². The molecule has 6 N–H and O–H groups in total. The van der Waals surface area contributed by atoms with Crippen LogP contribution in [0.25, 0.3) is 0 Å². The van der Waals surface area contributed by atoms with Crippen LogP contribution in [0, 0.1) is 34.5 Å². The molecule has 8 aliphatic rings. The van der Waals surface area contributed by atoms with Gasteiger partial charge in [-0.1, -0.05) is 13.8 Å². The van der Waals surface area contributed by atoms with Gasteiger partial charge in [-0.3, -0.25) is 0 Å². The Bertz CT molecular complexity index is 1410. The number of carbonyl (C=O) groups is 1. The number of hydrogen-bond acceptors (Lipinski definition) is 14. The zero-order chi connectivity index (χ0) is 39.2. The topological polar surface area (TPSA) is 203 Å². The molecule has 7 fully saturated rings. The van der Waals surface area contributed by atoms with E-state index < -0.39 is 90.9 Å². The molecule has 0 radical (unpaired) electrons. The summed E-state index contributed by atoms with van der Waals surface area (Å²) < 4.78 is 42.1. The van der Waals surface area contributed by atoms with Crippen LogP contribution in [0.5, 0.6) is 0 Å². The first-order valence-electron chi connectivity index (χ1n) is 20.9. The predicted molar refractivity (Wildman–Crippen MR) is 193 cm³/mol. The Morgan fingerprint density at radius 1 is 0.691 bits per heavy atom. The lowest BCUT2D eigenvalue weighted by molar-refractivity contribution is -0.336. The van der Waals surface area contributed by atoms with Crippen molar-refractivity contribution in [1.29, 1.82) is 0 Å². The summed E-state index contributed by atoms with van der Waals surface area (Å²) in [5.74, 6) is 0.204. The Morgan fingerprint density at radius 2 is 1.29 bits per heavy atom. The molecular formula is C41H64O14. The van der Waals surface area contributed by atoms with Crippen LogP contribution in [0.15, 0.2) is 11.6 Å². The van der Waals surface area contributed by atoms with Crippen molar-refractivity contribution in [2.45, 2.75) is 197 Å². The molecule has 4 saturated carbocycles. The molecular weight excluding hydrogens is 716 g/mol. The summed E-state index contributed by atoms with van der Waals surface area (Å²) in [5, 5.41) is 66.9. The fourth-order valence-electron chi connectivity index (χ4n) is 12.8. The number of hydrogen-bond donors (Lipinski definition) is 6. The molecule has 0 aromatic heterocycles. The number of carbonyl (C=O) groups excluding carboxylic acids is 1. The molecule has 0 bridgehead atoms. The maximum atomic E-state index is 12.6. The van der Waals surface area contributed by atoms with Crippen LogP contribution in [0.3, 0.4) is 0 Å². The van der Waals surface area contributed by atoms with E-state index >= 15 is 0 Å². The van der Waals surface area contributed by atoms with Crippen LogP contribution in [-0.2, 0) is 38.0 Å². The lowest BCUT2D eigenvalue weighted by Crippen LogP contribution is -2.67. The van der Waals surface area contributed by atoms with Crippen molar-refractivity contribution in [2.24, 2.45) is 34.5 Å². The summed E-state index contributed by atoms with van der Waals surface area (Å²) in [6, 6.07) is 0. The standard InChI is InChI=1S/C41H64O14/c1-19-36(47)28(42)15-34(50-19)54-38-21(3)52-35(17-30(38)44)55-37-20(2)51-33(16-29(37)43)53-24-8-10-39(4)23(13-24)6-7-26-27(39)14-31(45)40(5)25(9-11-41(26,40)48)22-12-32(46)49-18-22/h12,19-21,23-31,33-38,42-45,47-48H,6-11,13-18H2,1-5H3/t19-,20-,21-,23-,24+,25-,26-,27+,28+,29+,30+,31-,33+,34-,35+,36-,37-,38-,39+,40+,41+/m1/s1. The van der Waals surface area contributed by atoms with Gasteiger partial charge in [-0.2, -0.15) is 0 Å². The summed E-state index contributed by atoms with van der Waals surface area (Å²) >= 11 is 0. The summed E-state index contributed by atoms with van der Waals surface area (Å²) in [6.45, 7) is 9.90. The predicted octanol–water partition coefficient (Wildman–Crippen LogP) is 2.22. The second-order valence-electron chi connectivity index (χ2n) is 18.8. The number of esters is 1. The SMILES string of the molecule is C[C@H]1O[C@H](O[C@H]2[C@@H](O)C[C@H](O[C@H]3[C@@H](O)C[C@H](O[C@H]4CC[C@@]5(C)[C@H](CC[C@@H]6[C@@H]5C[C@@H](O)[C@]5(C)[C@@H](C7=CC(=O)OC7)CC[C@]65O)C4)O[C@@H]3C)O[C@@H]2C)C[C@H](O)[C@@H]1O. The number of rotatable bonds is 7. The van der Waals surface area contributed by atoms with Gasteiger partial charge in [0.1, 0.15) is 24.9 Å². The molecule has 55 heavy (non-hydrogen) atoms. The lowest BCUT2D eigenvalue weighted by atomic mass is 9.42. The molecule has 21 atom stereocenters. The number of aliphatic hydroxyl groups is 6. The maximum absolute atomic E-state index is 12.6. The van der Waals surface area contributed by atoms with Gasteiger partial charge in [-0.25, -0.2) is 4.79 Å². The van der Waals surface area contributed by atoms with Crippen molar-refractivity contribution in [1.82, 2.24) is 0 Å². The van der Waals surface area contributed by atoms with Gasteiger partial charge in [0.05, 0.1) is 54.4 Å². The lowest BCUT2D eigenvalue weighted by Gasteiger charge is -2.65. The van der Waals surface area contributed by atoms with Crippen LogP contribution in [0.2, 0.25) is 0 Å². The number of aliphatic hydroxyl groups excluding tert-OH is 5. The minimum Gasteiger partial charge on any atom is -0.458 e. The van der Waals surface area contributed by atoms with E-state index in [0.29, 0.717) is 18.8 Å². The number of cyclic esters (lactones) is 1. The quantitative estimate of drug-likeness (QED) is 0.162. The highest BCUT2D eigenvalue weighted by Gasteiger charge is 2.71. The normalized spacial score (nSPS) is 55.5. The molecule has 0 amide bonds. The molecule has 8 rings (SSSR count). The zero-order valence-electron chi connectivity index (χ0n) is 32.9. The first kappa shape index (κ1) is 40.5. The summed E-state index contributed by atoms with van der Waals surface area (Å²) in [6.07, 6.45) is -1.51. The van der Waals surface area contributed by atoms with Gasteiger partial charge in [0.15, 0.2) is 18.9 Å². The van der Waals surface area contributed by atoms with Gasteiger partial charge >= 0.3 is 5.97 Å². The van der Waals surface area contributed by atoms with Crippen molar-refractivity contribution in [3.8, 4) is 0 Å². The molecule has 0 spiro atoms. The Balaban J connectivity index is 0.837. The largest absolute Gasteiger partial charge is 0.458 e. The molecule has 0 aromatic rings. The Hall–Kier alpha value is -1.27. The third-order valence-electron chi connectivity index (χ3n) is 16.0. The molecule has 14 nitrogen and oxygen atoms in total. The van der Waals surface area contributed by atoms with E-state index in [1.54, 1.807) is 19.9 Å². The summed E-state index contributed by atoms with van der Waals surface area (Å²) in [5.41, 5.74) is -0.892. The van der Waals surface area contributed by atoms with E-state index in [2.05, 4.69) is 6.92 Å². The average molecular weight is 781 g/mol. The van der Waals surface area contributed by atoms with Gasteiger partial charge < -0.3 is 63.8 Å². The van der Waals surface area contributed by atoms with Crippen LogP contribution in [0.1, 0.15) is 105 Å². The minimum atomic E-state index is -1.01. The second-order valence-corrected chi connectivity index (χ2v) is 18.8. The van der Waals surface area contributed by atoms with Crippen molar-refractivity contribution < 1.29 is 68.6 Å². The molecule has 0 aromatic carbocycles. The second kappa shape index (κ2) is 15.1. The molecule has 14 heteroatoms. The van der Waals surface area contributed by atoms with Crippen molar-refractivity contribution in [3.05, 3.63) is 11.6 Å². The Morgan fingerprint density at radius 3 is 1.87 bits per heavy atom. The molecule has 3 saturated heterocycles. The van der Waals surface area contributed by atoms with E-state index in [1.807, 2.05) is 13.8 Å². The smallest absolute Gasteiger partial charge is 0.331 e. The first-order valence-corrected chi connectivity index (χ1v) is 20.9. The summed E-state index contributed by atoms with van der Waals surface area (Å²) in [4.78, 5) is 11.9. The Labute approximate surface area is 323 Å². The van der Waals surface area contributed by atoms with E-state index in [1.165, 1.54) is 0 Å². The highest BCUT2D eigenvalue weighted by Crippen LogP contribution is 2.70. The number of fused-ring (bicyclic) bond motifs is 5. The van der Waals surface area contributed by atoms with Gasteiger partial charge in [0.25, 0.3) is 0 Å². The molecule has 0 unspecified atom stereocenters. The van der Waals surface area contributed by atoms with Gasteiger partial charge in [-0.05, 0) is 107 Å². The van der Waals surface area contributed by atoms with Gasteiger partial charge in [0.2, 0.25) is 0 Å². The van der Waals surface area contributed by atoms with Crippen LogP contribution < -0.4 is 0 Å². The first-order chi connectivity index (χ1) is 26.0. The fourth-order valence-corrected chi connectivity index (χ4v) is 12.8. The van der Waals surface area contributed by atoms with Crippen molar-refractivity contribution in [2.75, 3.05) is 6.61 Å². The highest BCUT2D eigenvalue weighted by atomic mass is 16.7. The highest BCUT2D eigenvalue weighted by molar-refractivity contribution is 5.85. The van der Waals surface area contributed by atoms with E-state index in [4.69, 9.17) is 33.2 Å². The van der Waals surface area contributed by atoms with Crippen LogP contribution >= 0.6 is 0 Å². The maximum Gasteiger partial charge on any atom is 0.331 e. The van der Waals surface area contributed by atoms with E-state index in [9.17, 15) is 35.4 Å².